The van der Waals surface area contributed by atoms with E-state index in [1.807, 2.05) is 24.0 Å². The lowest BCUT2D eigenvalue weighted by Crippen LogP contribution is -2.57. The Balaban J connectivity index is 0.00000208. The number of aromatic nitrogens is 4. The van der Waals surface area contributed by atoms with Gasteiger partial charge in [-0.25, -0.2) is 0 Å². The molecule has 0 bridgehead atoms. The van der Waals surface area contributed by atoms with Gasteiger partial charge < -0.3 is 10.2 Å². The normalized spacial score (nSPS) is 20.5. The van der Waals surface area contributed by atoms with Crippen molar-refractivity contribution in [3.05, 3.63) is 29.3 Å². The van der Waals surface area contributed by atoms with Crippen LogP contribution in [0, 0.1) is 0 Å². The van der Waals surface area contributed by atoms with Crippen LogP contribution in [0.5, 0.6) is 0 Å². The van der Waals surface area contributed by atoms with E-state index in [1.165, 1.54) is 4.80 Å². The lowest BCUT2D eigenvalue weighted by atomic mass is 10.1. The molecule has 2 aromatic rings. The van der Waals surface area contributed by atoms with Gasteiger partial charge in [-0.05, 0) is 43.3 Å². The molecule has 1 amide bonds. The fraction of sp³-hybridized carbons (Fsp3) is 0.467. The number of benzene rings is 1. The molecule has 1 saturated heterocycles. The number of rotatable bonds is 3. The number of tetrazole rings is 1. The standard InChI is InChI=1S/C15H19ClN6O.ClH/c1-10-11(2)21(8-7-17-10)14(23)9-22-19-15(18-20-22)12-3-5-13(16)6-4-12;/h3-6,10-11,17H,7-9H2,1-2H3;1H. The number of carbonyl (C=O) groups excluding carboxylic acids is 1. The average molecular weight is 371 g/mol. The van der Waals surface area contributed by atoms with Crippen LogP contribution in [0.3, 0.4) is 0 Å². The van der Waals surface area contributed by atoms with Gasteiger partial charge in [0.2, 0.25) is 11.7 Å². The first-order chi connectivity index (χ1) is 11.0. The molecule has 9 heteroatoms. The van der Waals surface area contributed by atoms with Gasteiger partial charge >= 0.3 is 0 Å². The van der Waals surface area contributed by atoms with Gasteiger partial charge in [0.15, 0.2) is 0 Å². The van der Waals surface area contributed by atoms with Gasteiger partial charge in [0.25, 0.3) is 0 Å². The molecule has 1 aliphatic rings. The summed E-state index contributed by atoms with van der Waals surface area (Å²) >= 11 is 5.87. The zero-order chi connectivity index (χ0) is 16.4. The van der Waals surface area contributed by atoms with Crippen LogP contribution in [0.15, 0.2) is 24.3 Å². The number of hydrogen-bond donors (Lipinski definition) is 1. The quantitative estimate of drug-likeness (QED) is 0.888. The summed E-state index contributed by atoms with van der Waals surface area (Å²) in [5.41, 5.74) is 0.817. The Bertz CT molecular complexity index is 690. The van der Waals surface area contributed by atoms with Crippen molar-refractivity contribution in [1.29, 1.82) is 0 Å². The van der Waals surface area contributed by atoms with Gasteiger partial charge in [0.1, 0.15) is 6.54 Å². The Morgan fingerprint density at radius 1 is 1.33 bits per heavy atom. The van der Waals surface area contributed by atoms with E-state index in [2.05, 4.69) is 27.7 Å². The summed E-state index contributed by atoms with van der Waals surface area (Å²) in [7, 11) is 0. The monoisotopic (exact) mass is 370 g/mol. The summed E-state index contributed by atoms with van der Waals surface area (Å²) in [6.45, 7) is 5.72. The van der Waals surface area contributed by atoms with Crippen molar-refractivity contribution >= 4 is 29.9 Å². The van der Waals surface area contributed by atoms with Gasteiger partial charge in [-0.15, -0.1) is 22.6 Å². The minimum atomic E-state index is 0. The molecular formula is C15H20Cl2N6O. The van der Waals surface area contributed by atoms with Crippen molar-refractivity contribution in [2.24, 2.45) is 0 Å². The summed E-state index contributed by atoms with van der Waals surface area (Å²) in [6, 6.07) is 7.62. The number of nitrogens with one attached hydrogen (secondary N) is 1. The van der Waals surface area contributed by atoms with Gasteiger partial charge in [0.05, 0.1) is 0 Å². The second-order valence-corrected chi connectivity index (χ2v) is 6.16. The van der Waals surface area contributed by atoms with Crippen LogP contribution in [-0.4, -0.2) is 56.2 Å². The topological polar surface area (TPSA) is 75.9 Å². The van der Waals surface area contributed by atoms with E-state index >= 15 is 0 Å². The number of amides is 1. The molecule has 1 aromatic heterocycles. The van der Waals surface area contributed by atoms with E-state index in [0.29, 0.717) is 17.4 Å². The zero-order valence-electron chi connectivity index (χ0n) is 13.5. The van der Waals surface area contributed by atoms with Crippen molar-refractivity contribution < 1.29 is 4.79 Å². The minimum Gasteiger partial charge on any atom is -0.335 e. The third-order valence-electron chi connectivity index (χ3n) is 4.19. The molecule has 1 fully saturated rings. The number of hydrogen-bond acceptors (Lipinski definition) is 5. The summed E-state index contributed by atoms with van der Waals surface area (Å²) in [5.74, 6) is 0.488. The van der Waals surface area contributed by atoms with E-state index < -0.39 is 0 Å². The Morgan fingerprint density at radius 2 is 2.04 bits per heavy atom. The Labute approximate surface area is 151 Å². The molecule has 0 spiro atoms. The van der Waals surface area contributed by atoms with Crippen LogP contribution >= 0.6 is 24.0 Å². The Kier molecular flexibility index (Phi) is 6.15. The first-order valence-corrected chi connectivity index (χ1v) is 7.99. The van der Waals surface area contributed by atoms with Crippen LogP contribution < -0.4 is 5.32 Å². The minimum absolute atomic E-state index is 0. The second-order valence-electron chi connectivity index (χ2n) is 5.72. The average Bonchev–Trinajstić information content (AvgIpc) is 2.99. The maximum Gasteiger partial charge on any atom is 0.246 e. The molecule has 0 aliphatic carbocycles. The molecule has 2 unspecified atom stereocenters. The van der Waals surface area contributed by atoms with Crippen molar-refractivity contribution in [2.45, 2.75) is 32.5 Å². The zero-order valence-corrected chi connectivity index (χ0v) is 15.1. The molecule has 1 aromatic carbocycles. The van der Waals surface area contributed by atoms with E-state index in [4.69, 9.17) is 11.6 Å². The number of nitrogens with zero attached hydrogens (tertiary/aromatic N) is 5. The molecule has 0 radical (unpaired) electrons. The third kappa shape index (κ3) is 4.03. The molecule has 2 heterocycles. The molecule has 130 valence electrons. The maximum atomic E-state index is 12.5. The molecule has 24 heavy (non-hydrogen) atoms. The molecule has 2 atom stereocenters. The van der Waals surface area contributed by atoms with Crippen LogP contribution in [0.2, 0.25) is 5.02 Å². The van der Waals surface area contributed by atoms with Crippen molar-refractivity contribution in [1.82, 2.24) is 30.4 Å². The highest BCUT2D eigenvalue weighted by molar-refractivity contribution is 6.30. The van der Waals surface area contributed by atoms with Crippen LogP contribution in [0.4, 0.5) is 0 Å². The highest BCUT2D eigenvalue weighted by Crippen LogP contribution is 2.17. The largest absolute Gasteiger partial charge is 0.335 e. The summed E-state index contributed by atoms with van der Waals surface area (Å²) in [5, 5.41) is 16.3. The van der Waals surface area contributed by atoms with E-state index in [9.17, 15) is 4.79 Å². The number of halogens is 2. The highest BCUT2D eigenvalue weighted by Gasteiger charge is 2.28. The van der Waals surface area contributed by atoms with Gasteiger partial charge in [0, 0.05) is 35.8 Å². The lowest BCUT2D eigenvalue weighted by Gasteiger charge is -2.38. The number of carbonyl (C=O) groups is 1. The summed E-state index contributed by atoms with van der Waals surface area (Å²) < 4.78 is 0. The first kappa shape index (κ1) is 18.6. The van der Waals surface area contributed by atoms with E-state index in [0.717, 1.165) is 12.1 Å². The van der Waals surface area contributed by atoms with Gasteiger partial charge in [-0.2, -0.15) is 4.80 Å². The molecular weight excluding hydrogens is 351 g/mol. The molecule has 0 saturated carbocycles. The lowest BCUT2D eigenvalue weighted by molar-refractivity contribution is -0.136. The van der Waals surface area contributed by atoms with Crippen molar-refractivity contribution in [3.63, 3.8) is 0 Å². The van der Waals surface area contributed by atoms with Crippen molar-refractivity contribution in [2.75, 3.05) is 13.1 Å². The predicted molar refractivity (Wildman–Crippen MR) is 94.2 cm³/mol. The van der Waals surface area contributed by atoms with E-state index in [-0.39, 0.29) is 36.9 Å². The van der Waals surface area contributed by atoms with Gasteiger partial charge in [-0.1, -0.05) is 11.6 Å². The SMILES string of the molecule is CC1NCCN(C(=O)Cn2nnc(-c3ccc(Cl)cc3)n2)C1C.Cl. The number of piperazine rings is 1. The Morgan fingerprint density at radius 3 is 2.75 bits per heavy atom. The Hall–Kier alpha value is -1.70. The smallest absolute Gasteiger partial charge is 0.246 e. The summed E-state index contributed by atoms with van der Waals surface area (Å²) in [4.78, 5) is 15.7. The predicted octanol–water partition coefficient (Wildman–Crippen LogP) is 1.62. The molecule has 3 rings (SSSR count). The second kappa shape index (κ2) is 7.92. The van der Waals surface area contributed by atoms with Crippen LogP contribution in [0.1, 0.15) is 13.8 Å². The highest BCUT2D eigenvalue weighted by atomic mass is 35.5. The first-order valence-electron chi connectivity index (χ1n) is 7.61. The molecule has 1 N–H and O–H groups in total. The fourth-order valence-corrected chi connectivity index (χ4v) is 2.77. The molecule has 1 aliphatic heterocycles. The molecule has 7 nitrogen and oxygen atoms in total. The van der Waals surface area contributed by atoms with Crippen LogP contribution in [0.25, 0.3) is 11.4 Å². The fourth-order valence-electron chi connectivity index (χ4n) is 2.65. The van der Waals surface area contributed by atoms with Gasteiger partial charge in [-0.3, -0.25) is 4.79 Å². The van der Waals surface area contributed by atoms with Crippen LogP contribution in [-0.2, 0) is 11.3 Å². The maximum absolute atomic E-state index is 12.5. The third-order valence-corrected chi connectivity index (χ3v) is 4.44. The van der Waals surface area contributed by atoms with E-state index in [1.54, 1.807) is 12.1 Å². The summed E-state index contributed by atoms with van der Waals surface area (Å²) in [6.07, 6.45) is 0. The van der Waals surface area contributed by atoms with Crippen molar-refractivity contribution in [3.8, 4) is 11.4 Å².